The van der Waals surface area contributed by atoms with Crippen LogP contribution in [0.15, 0.2) is 42.5 Å². The number of carbonyl (C=O) groups is 1. The Bertz CT molecular complexity index is 981. The summed E-state index contributed by atoms with van der Waals surface area (Å²) in [5, 5.41) is 23.4. The Morgan fingerprint density at radius 3 is 2.66 bits per heavy atom. The fraction of sp³-hybridized carbons (Fsp3) is 0.417. The van der Waals surface area contributed by atoms with Gasteiger partial charge in [0.15, 0.2) is 0 Å². The van der Waals surface area contributed by atoms with Gasteiger partial charge in [0.05, 0.1) is 17.0 Å². The van der Waals surface area contributed by atoms with Crippen molar-refractivity contribution in [3.63, 3.8) is 0 Å². The van der Waals surface area contributed by atoms with Gasteiger partial charge in [-0.2, -0.15) is 5.26 Å². The van der Waals surface area contributed by atoms with Gasteiger partial charge in [-0.15, -0.1) is 0 Å². The molecule has 2 N–H and O–H groups in total. The van der Waals surface area contributed by atoms with Gasteiger partial charge in [0.2, 0.25) is 5.91 Å². The first-order valence-electron chi connectivity index (χ1n) is 10.2. The number of fused-ring (bicyclic) bond motifs is 1. The van der Waals surface area contributed by atoms with Gasteiger partial charge in [-0.1, -0.05) is 36.7 Å². The summed E-state index contributed by atoms with van der Waals surface area (Å²) in [6, 6.07) is 15.3. The number of halogens is 1. The molecule has 2 aromatic carbocycles. The van der Waals surface area contributed by atoms with Gasteiger partial charge in [-0.25, -0.2) is 0 Å². The first kappa shape index (κ1) is 19.8. The van der Waals surface area contributed by atoms with E-state index in [-0.39, 0.29) is 40.9 Å². The lowest BCUT2D eigenvalue weighted by molar-refractivity contribution is -0.131. The van der Waals surface area contributed by atoms with E-state index in [1.807, 2.05) is 30.3 Å². The highest BCUT2D eigenvalue weighted by Crippen LogP contribution is 2.60. The highest BCUT2D eigenvalue weighted by molar-refractivity contribution is 6.30. The van der Waals surface area contributed by atoms with Crippen LogP contribution in [0.5, 0.6) is 5.75 Å². The Morgan fingerprint density at radius 1 is 1.28 bits per heavy atom. The van der Waals surface area contributed by atoms with Gasteiger partial charge >= 0.3 is 0 Å². The molecule has 1 amide bonds. The molecule has 4 nitrogen and oxygen atoms in total. The van der Waals surface area contributed by atoms with Crippen molar-refractivity contribution in [2.45, 2.75) is 51.0 Å². The largest absolute Gasteiger partial charge is 0.508 e. The van der Waals surface area contributed by atoms with E-state index in [1.165, 1.54) is 6.07 Å². The molecule has 2 aromatic rings. The van der Waals surface area contributed by atoms with Gasteiger partial charge in [-0.05, 0) is 73.4 Å². The summed E-state index contributed by atoms with van der Waals surface area (Å²) < 4.78 is 0. The van der Waals surface area contributed by atoms with Crippen LogP contribution in [0.2, 0.25) is 5.02 Å². The molecule has 4 rings (SSSR count). The highest BCUT2D eigenvalue weighted by Gasteiger charge is 2.59. The van der Waals surface area contributed by atoms with Crippen LogP contribution in [-0.4, -0.2) is 17.1 Å². The van der Waals surface area contributed by atoms with E-state index >= 15 is 0 Å². The topological polar surface area (TPSA) is 73.1 Å². The van der Waals surface area contributed by atoms with Crippen molar-refractivity contribution >= 4 is 17.5 Å². The van der Waals surface area contributed by atoms with Gasteiger partial charge < -0.3 is 10.4 Å². The third-order valence-electron chi connectivity index (χ3n) is 7.15. The zero-order valence-electron chi connectivity index (χ0n) is 16.7. The van der Waals surface area contributed by atoms with Crippen molar-refractivity contribution in [1.29, 1.82) is 5.26 Å². The van der Waals surface area contributed by atoms with Crippen LogP contribution < -0.4 is 5.32 Å². The van der Waals surface area contributed by atoms with Crippen molar-refractivity contribution < 1.29 is 9.90 Å². The number of nitrogens with one attached hydrogen (secondary N) is 1. The maximum absolute atomic E-state index is 13.0. The number of hydrogen-bond acceptors (Lipinski definition) is 3. The minimum Gasteiger partial charge on any atom is -0.508 e. The molecule has 0 unspecified atom stereocenters. The number of nitrogens with zero attached hydrogens (tertiary/aromatic N) is 1. The predicted octanol–water partition coefficient (Wildman–Crippen LogP) is 5.11. The number of phenols is 1. The average Bonchev–Trinajstić information content (AvgIpc) is 2.98. The quantitative estimate of drug-likeness (QED) is 0.741. The van der Waals surface area contributed by atoms with Crippen molar-refractivity contribution in [2.75, 3.05) is 0 Å². The number of benzene rings is 2. The molecule has 1 heterocycles. The molecule has 1 saturated heterocycles. The van der Waals surface area contributed by atoms with Crippen LogP contribution in [0.4, 0.5) is 0 Å². The SMILES string of the molecule is CC[C@@]12CC[C@@H](c3ccc(O)cc3C#N)[C@H](c3ccc(Cl)cc3)[C@@H]1[C@@H](C)NC2=O. The summed E-state index contributed by atoms with van der Waals surface area (Å²) in [6.45, 7) is 4.19. The van der Waals surface area contributed by atoms with E-state index in [0.717, 1.165) is 30.4 Å². The molecule has 0 radical (unpaired) electrons. The molecule has 0 aromatic heterocycles. The zero-order valence-corrected chi connectivity index (χ0v) is 17.4. The number of nitriles is 1. The molecule has 1 saturated carbocycles. The summed E-state index contributed by atoms with van der Waals surface area (Å²) >= 11 is 6.15. The molecule has 2 fully saturated rings. The van der Waals surface area contributed by atoms with Crippen LogP contribution >= 0.6 is 11.6 Å². The lowest BCUT2D eigenvalue weighted by Gasteiger charge is -2.47. The number of phenolic OH excluding ortho intramolecular Hbond substituents is 1. The number of rotatable bonds is 3. The summed E-state index contributed by atoms with van der Waals surface area (Å²) in [5.74, 6) is 0.539. The fourth-order valence-corrected chi connectivity index (χ4v) is 5.99. The molecular formula is C24H25ClN2O2. The molecule has 0 bridgehead atoms. The molecular weight excluding hydrogens is 384 g/mol. The minimum atomic E-state index is -0.385. The van der Waals surface area contributed by atoms with Crippen LogP contribution in [0, 0.1) is 22.7 Å². The second kappa shape index (κ2) is 7.39. The summed E-state index contributed by atoms with van der Waals surface area (Å²) in [7, 11) is 0. The number of carbonyl (C=O) groups excluding carboxylic acids is 1. The normalized spacial score (nSPS) is 31.0. The van der Waals surface area contributed by atoms with E-state index in [0.29, 0.717) is 10.6 Å². The van der Waals surface area contributed by atoms with Gasteiger partial charge in [0, 0.05) is 17.0 Å². The van der Waals surface area contributed by atoms with Crippen LogP contribution in [0.25, 0.3) is 0 Å². The van der Waals surface area contributed by atoms with Gasteiger partial charge in [-0.3, -0.25) is 4.79 Å². The number of amides is 1. The molecule has 5 heteroatoms. The van der Waals surface area contributed by atoms with Gasteiger partial charge in [0.1, 0.15) is 5.75 Å². The van der Waals surface area contributed by atoms with E-state index in [9.17, 15) is 15.2 Å². The molecule has 1 aliphatic carbocycles. The highest BCUT2D eigenvalue weighted by atomic mass is 35.5. The van der Waals surface area contributed by atoms with Crippen LogP contribution in [-0.2, 0) is 4.79 Å². The smallest absolute Gasteiger partial charge is 0.226 e. The summed E-state index contributed by atoms with van der Waals surface area (Å²) in [5.41, 5.74) is 2.20. The first-order chi connectivity index (χ1) is 13.9. The minimum absolute atomic E-state index is 0.0496. The zero-order chi connectivity index (χ0) is 20.8. The Kier molecular flexibility index (Phi) is 5.04. The standard InChI is InChI=1S/C24H25ClN2O2/c1-3-24-11-10-20(19-9-8-18(28)12-16(19)13-26)21(15-4-6-17(25)7-5-15)22(24)14(2)27-23(24)29/h4-9,12,14,20-22,28H,3,10-11H2,1-2H3,(H,27,29)/t14-,20+,21+,22+,24-/m1/s1. The van der Waals surface area contributed by atoms with Crippen molar-refractivity contribution in [2.24, 2.45) is 11.3 Å². The molecule has 5 atom stereocenters. The lowest BCUT2D eigenvalue weighted by Crippen LogP contribution is -2.44. The third kappa shape index (κ3) is 3.09. The number of aromatic hydroxyl groups is 1. The van der Waals surface area contributed by atoms with Gasteiger partial charge in [0.25, 0.3) is 0 Å². The Balaban J connectivity index is 1.89. The second-order valence-electron chi connectivity index (χ2n) is 8.40. The van der Waals surface area contributed by atoms with Crippen molar-refractivity contribution in [3.8, 4) is 11.8 Å². The molecule has 29 heavy (non-hydrogen) atoms. The van der Waals surface area contributed by atoms with Crippen molar-refractivity contribution in [3.05, 3.63) is 64.2 Å². The van der Waals surface area contributed by atoms with E-state index in [2.05, 4.69) is 25.2 Å². The summed E-state index contributed by atoms with van der Waals surface area (Å²) in [4.78, 5) is 13.0. The molecule has 150 valence electrons. The Labute approximate surface area is 176 Å². The monoisotopic (exact) mass is 408 g/mol. The maximum atomic E-state index is 13.0. The molecule has 1 aliphatic heterocycles. The Hall–Kier alpha value is -2.51. The molecule has 0 spiro atoms. The summed E-state index contributed by atoms with van der Waals surface area (Å²) in [6.07, 6.45) is 2.41. The first-order valence-corrected chi connectivity index (χ1v) is 10.6. The predicted molar refractivity (Wildman–Crippen MR) is 113 cm³/mol. The van der Waals surface area contributed by atoms with E-state index < -0.39 is 0 Å². The van der Waals surface area contributed by atoms with Crippen molar-refractivity contribution in [1.82, 2.24) is 5.32 Å². The third-order valence-corrected chi connectivity index (χ3v) is 7.40. The second-order valence-corrected chi connectivity index (χ2v) is 8.84. The molecule has 2 aliphatic rings. The maximum Gasteiger partial charge on any atom is 0.226 e. The average molecular weight is 409 g/mol. The fourth-order valence-electron chi connectivity index (χ4n) is 5.86. The van der Waals surface area contributed by atoms with E-state index in [1.54, 1.807) is 6.07 Å². The lowest BCUT2D eigenvalue weighted by atomic mass is 9.54. The van der Waals surface area contributed by atoms with Crippen LogP contribution in [0.1, 0.15) is 61.6 Å². The van der Waals surface area contributed by atoms with E-state index in [4.69, 9.17) is 11.6 Å². The van der Waals surface area contributed by atoms with Crippen LogP contribution in [0.3, 0.4) is 0 Å². The number of hydrogen-bond donors (Lipinski definition) is 2. The Morgan fingerprint density at radius 2 is 2.00 bits per heavy atom.